The molecule has 1 amide bonds. The van der Waals surface area contributed by atoms with Gasteiger partial charge in [0.25, 0.3) is 5.91 Å². The Balaban J connectivity index is 1.48. The maximum absolute atomic E-state index is 12.7. The van der Waals surface area contributed by atoms with Crippen LogP contribution < -0.4 is 0 Å². The molecule has 0 unspecified atom stereocenters. The number of aryl methyl sites for hydroxylation is 1. The van der Waals surface area contributed by atoms with Crippen molar-refractivity contribution in [3.8, 4) is 0 Å². The third-order valence-electron chi connectivity index (χ3n) is 5.34. The molecule has 2 atom stereocenters. The monoisotopic (exact) mass is 361 g/mol. The van der Waals surface area contributed by atoms with Gasteiger partial charge in [-0.2, -0.15) is 0 Å². The van der Waals surface area contributed by atoms with Gasteiger partial charge in [0.15, 0.2) is 0 Å². The summed E-state index contributed by atoms with van der Waals surface area (Å²) in [5, 5.41) is 13.1. The van der Waals surface area contributed by atoms with Gasteiger partial charge in [-0.3, -0.25) is 4.79 Å². The highest BCUT2D eigenvalue weighted by Crippen LogP contribution is 2.31. The predicted molar refractivity (Wildman–Crippen MR) is 105 cm³/mol. The van der Waals surface area contributed by atoms with Crippen LogP contribution in [0, 0.1) is 0 Å². The van der Waals surface area contributed by atoms with E-state index in [0.717, 1.165) is 24.2 Å². The zero-order valence-electron chi connectivity index (χ0n) is 15.4. The molecule has 1 aliphatic rings. The number of aliphatic hydroxyl groups is 1. The molecule has 138 valence electrons. The summed E-state index contributed by atoms with van der Waals surface area (Å²) in [4.78, 5) is 22.8. The first-order valence-corrected chi connectivity index (χ1v) is 9.42. The topological polar surface area (TPSA) is 66.3 Å². The van der Waals surface area contributed by atoms with Gasteiger partial charge in [-0.25, -0.2) is 9.97 Å². The van der Waals surface area contributed by atoms with Gasteiger partial charge in [-0.1, -0.05) is 49.4 Å². The predicted octanol–water partition coefficient (Wildman–Crippen LogP) is 3.18. The van der Waals surface area contributed by atoms with Gasteiger partial charge in [0.05, 0.1) is 11.7 Å². The Morgan fingerprint density at radius 3 is 2.59 bits per heavy atom. The lowest BCUT2D eigenvalue weighted by Crippen LogP contribution is -2.45. The van der Waals surface area contributed by atoms with Crippen molar-refractivity contribution < 1.29 is 9.90 Å². The number of rotatable bonds is 3. The summed E-state index contributed by atoms with van der Waals surface area (Å²) >= 11 is 0. The first-order chi connectivity index (χ1) is 13.2. The summed E-state index contributed by atoms with van der Waals surface area (Å²) in [7, 11) is 0. The Morgan fingerprint density at radius 1 is 1.15 bits per heavy atom. The maximum Gasteiger partial charge on any atom is 0.257 e. The first kappa shape index (κ1) is 17.6. The van der Waals surface area contributed by atoms with E-state index in [2.05, 4.69) is 40.3 Å². The summed E-state index contributed by atoms with van der Waals surface area (Å²) < 4.78 is 0. The SMILES string of the molecule is CCc1ncc(C(=O)N2CC[C@H](c3ccc4ccccc4c3)[C@@H](O)C2)cn1. The average Bonchev–Trinajstić information content (AvgIpc) is 2.73. The quantitative estimate of drug-likeness (QED) is 0.778. The summed E-state index contributed by atoms with van der Waals surface area (Å²) in [6, 6.07) is 14.6. The van der Waals surface area contributed by atoms with E-state index >= 15 is 0 Å². The summed E-state index contributed by atoms with van der Waals surface area (Å²) in [6.45, 7) is 2.92. The normalized spacial score (nSPS) is 20.0. The number of fused-ring (bicyclic) bond motifs is 1. The number of β-amino-alcohol motifs (C(OH)–C–C–N with tert-alkyl or cyclic N) is 1. The van der Waals surface area contributed by atoms with Crippen LogP contribution in [0.25, 0.3) is 10.8 Å². The molecular weight excluding hydrogens is 338 g/mol. The van der Waals surface area contributed by atoms with Gasteiger partial charge in [0.1, 0.15) is 5.82 Å². The highest BCUT2D eigenvalue weighted by molar-refractivity contribution is 5.93. The van der Waals surface area contributed by atoms with Gasteiger partial charge in [0, 0.05) is 37.8 Å². The molecule has 0 bridgehead atoms. The molecule has 0 spiro atoms. The van der Waals surface area contributed by atoms with Crippen LogP contribution in [-0.2, 0) is 6.42 Å². The molecule has 0 aliphatic carbocycles. The minimum absolute atomic E-state index is 0.0392. The Morgan fingerprint density at radius 2 is 1.89 bits per heavy atom. The van der Waals surface area contributed by atoms with E-state index in [1.54, 1.807) is 17.3 Å². The van der Waals surface area contributed by atoms with E-state index < -0.39 is 6.10 Å². The van der Waals surface area contributed by atoms with E-state index in [9.17, 15) is 9.90 Å². The number of hydrogen-bond acceptors (Lipinski definition) is 4. The summed E-state index contributed by atoms with van der Waals surface area (Å²) in [5.74, 6) is 0.646. The number of benzene rings is 2. The molecule has 1 fully saturated rings. The zero-order valence-corrected chi connectivity index (χ0v) is 15.4. The standard InChI is InChI=1S/C22H23N3O2/c1-2-21-23-12-18(13-24-21)22(27)25-10-9-19(20(26)14-25)17-8-7-15-5-3-4-6-16(15)11-17/h3-8,11-13,19-20,26H,2,9-10,14H2,1H3/t19-,20+/m1/s1. The molecule has 1 N–H and O–H groups in total. The fraction of sp³-hybridized carbons (Fsp3) is 0.318. The van der Waals surface area contributed by atoms with Crippen molar-refractivity contribution in [2.24, 2.45) is 0 Å². The fourth-order valence-electron chi connectivity index (χ4n) is 3.77. The molecule has 1 aliphatic heterocycles. The number of carbonyl (C=O) groups excluding carboxylic acids is 1. The Kier molecular flexibility index (Phi) is 4.86. The third kappa shape index (κ3) is 3.55. The van der Waals surface area contributed by atoms with Crippen LogP contribution in [-0.4, -0.2) is 45.1 Å². The van der Waals surface area contributed by atoms with Gasteiger partial charge in [-0.15, -0.1) is 0 Å². The number of carbonyl (C=O) groups is 1. The van der Waals surface area contributed by atoms with Crippen LogP contribution in [0.4, 0.5) is 0 Å². The van der Waals surface area contributed by atoms with Crippen molar-refractivity contribution in [3.63, 3.8) is 0 Å². The van der Waals surface area contributed by atoms with E-state index in [-0.39, 0.29) is 11.8 Å². The second-order valence-electron chi connectivity index (χ2n) is 7.06. The minimum atomic E-state index is -0.584. The van der Waals surface area contributed by atoms with Crippen molar-refractivity contribution >= 4 is 16.7 Å². The second kappa shape index (κ2) is 7.45. The van der Waals surface area contributed by atoms with Crippen molar-refractivity contribution in [1.29, 1.82) is 0 Å². The van der Waals surface area contributed by atoms with E-state index in [1.807, 2.05) is 19.1 Å². The fourth-order valence-corrected chi connectivity index (χ4v) is 3.77. The summed E-state index contributed by atoms with van der Waals surface area (Å²) in [6.07, 6.45) is 4.05. The molecule has 0 radical (unpaired) electrons. The van der Waals surface area contributed by atoms with Gasteiger partial charge in [-0.05, 0) is 22.8 Å². The van der Waals surface area contributed by atoms with Gasteiger partial charge >= 0.3 is 0 Å². The van der Waals surface area contributed by atoms with Crippen LogP contribution in [0.5, 0.6) is 0 Å². The molecule has 2 heterocycles. The molecule has 5 heteroatoms. The molecule has 27 heavy (non-hydrogen) atoms. The van der Waals surface area contributed by atoms with Crippen molar-refractivity contribution in [1.82, 2.24) is 14.9 Å². The molecule has 1 aromatic heterocycles. The molecule has 3 aromatic rings. The number of aliphatic hydroxyl groups excluding tert-OH is 1. The van der Waals surface area contributed by atoms with Crippen LogP contribution in [0.15, 0.2) is 54.9 Å². The number of aromatic nitrogens is 2. The molecule has 2 aromatic carbocycles. The van der Waals surface area contributed by atoms with Crippen LogP contribution in [0.1, 0.15) is 41.0 Å². The van der Waals surface area contributed by atoms with Gasteiger partial charge < -0.3 is 10.0 Å². The Hall–Kier alpha value is -2.79. The van der Waals surface area contributed by atoms with E-state index in [1.165, 1.54) is 10.8 Å². The van der Waals surface area contributed by atoms with Crippen molar-refractivity contribution in [2.75, 3.05) is 13.1 Å². The van der Waals surface area contributed by atoms with Gasteiger partial charge in [0.2, 0.25) is 0 Å². The highest BCUT2D eigenvalue weighted by Gasteiger charge is 2.31. The van der Waals surface area contributed by atoms with Crippen molar-refractivity contribution in [2.45, 2.75) is 31.8 Å². The van der Waals surface area contributed by atoms with Crippen LogP contribution in [0.3, 0.4) is 0 Å². The highest BCUT2D eigenvalue weighted by atomic mass is 16.3. The molecule has 5 nitrogen and oxygen atoms in total. The third-order valence-corrected chi connectivity index (χ3v) is 5.34. The number of likely N-dealkylation sites (tertiary alicyclic amines) is 1. The maximum atomic E-state index is 12.7. The summed E-state index contributed by atoms with van der Waals surface area (Å²) in [5.41, 5.74) is 1.60. The van der Waals surface area contributed by atoms with E-state index in [0.29, 0.717) is 18.7 Å². The number of amides is 1. The number of hydrogen-bond donors (Lipinski definition) is 1. The molecule has 0 saturated carbocycles. The largest absolute Gasteiger partial charge is 0.391 e. The second-order valence-corrected chi connectivity index (χ2v) is 7.06. The zero-order chi connectivity index (χ0) is 18.8. The van der Waals surface area contributed by atoms with E-state index in [4.69, 9.17) is 0 Å². The molecule has 1 saturated heterocycles. The minimum Gasteiger partial charge on any atom is -0.391 e. The lowest BCUT2D eigenvalue weighted by atomic mass is 9.86. The number of nitrogens with zero attached hydrogens (tertiary/aromatic N) is 3. The van der Waals surface area contributed by atoms with Crippen LogP contribution in [0.2, 0.25) is 0 Å². The first-order valence-electron chi connectivity index (χ1n) is 9.42. The number of piperidine rings is 1. The molecule has 4 rings (SSSR count). The smallest absolute Gasteiger partial charge is 0.257 e. The lowest BCUT2D eigenvalue weighted by Gasteiger charge is -2.36. The molecular formula is C22H23N3O2. The Labute approximate surface area is 158 Å². The van der Waals surface area contributed by atoms with Crippen LogP contribution >= 0.6 is 0 Å². The van der Waals surface area contributed by atoms with Crippen molar-refractivity contribution in [3.05, 3.63) is 71.8 Å². The lowest BCUT2D eigenvalue weighted by molar-refractivity contribution is 0.0381. The Bertz CT molecular complexity index is 955. The average molecular weight is 361 g/mol.